The number of carboxylic acids is 1. The molecule has 2 aromatic heterocycles. The van der Waals surface area contributed by atoms with Crippen molar-refractivity contribution in [2.24, 2.45) is 0 Å². The van der Waals surface area contributed by atoms with Crippen LogP contribution in [0.5, 0.6) is 5.75 Å². The standard InChI is InChI=1S/C25H22ClN3O4/c1-32-20-11-6-14(12-18(20)26)13-27-23-21-17-4-2-3-5-19(17)33-24(21)29-22(28-23)15-7-9-16(10-8-15)25(30)31/h6-12H,2-5,13H2,1H3,(H,30,31)(H,27,28,29). The van der Waals surface area contributed by atoms with Gasteiger partial charge >= 0.3 is 5.97 Å². The van der Waals surface area contributed by atoms with E-state index in [0.717, 1.165) is 42.4 Å². The second-order valence-corrected chi connectivity index (χ2v) is 8.40. The van der Waals surface area contributed by atoms with Crippen molar-refractivity contribution in [2.75, 3.05) is 12.4 Å². The van der Waals surface area contributed by atoms with E-state index < -0.39 is 5.97 Å². The molecule has 0 spiro atoms. The second kappa shape index (κ2) is 8.75. The largest absolute Gasteiger partial charge is 0.495 e. The van der Waals surface area contributed by atoms with Gasteiger partial charge in [-0.1, -0.05) is 29.8 Å². The van der Waals surface area contributed by atoms with Gasteiger partial charge in [0, 0.05) is 24.1 Å². The van der Waals surface area contributed by atoms with Crippen molar-refractivity contribution in [2.45, 2.75) is 32.2 Å². The van der Waals surface area contributed by atoms with Crippen molar-refractivity contribution in [3.8, 4) is 17.1 Å². The summed E-state index contributed by atoms with van der Waals surface area (Å²) in [5.74, 6) is 1.79. The lowest BCUT2D eigenvalue weighted by atomic mass is 9.96. The molecule has 0 unspecified atom stereocenters. The number of anilines is 1. The Bertz CT molecular complexity index is 1350. The maximum atomic E-state index is 11.2. The van der Waals surface area contributed by atoms with Crippen LogP contribution < -0.4 is 10.1 Å². The number of nitrogens with zero attached hydrogens (tertiary/aromatic N) is 2. The minimum absolute atomic E-state index is 0.211. The van der Waals surface area contributed by atoms with Crippen molar-refractivity contribution in [1.29, 1.82) is 0 Å². The third-order valence-electron chi connectivity index (χ3n) is 5.88. The fraction of sp³-hybridized carbons (Fsp3) is 0.240. The molecule has 8 heteroatoms. The number of hydrogen-bond acceptors (Lipinski definition) is 6. The normalized spacial score (nSPS) is 13.0. The topological polar surface area (TPSA) is 97.5 Å². The number of aromatic carboxylic acids is 1. The zero-order chi connectivity index (χ0) is 22.9. The van der Waals surface area contributed by atoms with Crippen LogP contribution in [0.4, 0.5) is 5.82 Å². The number of ether oxygens (including phenoxy) is 1. The summed E-state index contributed by atoms with van der Waals surface area (Å²) in [7, 11) is 1.59. The lowest BCUT2D eigenvalue weighted by molar-refractivity contribution is 0.0697. The SMILES string of the molecule is COc1ccc(CNc2nc(-c3ccc(C(=O)O)cc3)nc3oc4c(c23)CCCC4)cc1Cl. The van der Waals surface area contributed by atoms with Crippen molar-refractivity contribution in [1.82, 2.24) is 9.97 Å². The van der Waals surface area contributed by atoms with Crippen molar-refractivity contribution in [3.63, 3.8) is 0 Å². The molecule has 0 aliphatic heterocycles. The summed E-state index contributed by atoms with van der Waals surface area (Å²) in [6, 6.07) is 12.2. The predicted octanol–water partition coefficient (Wildman–Crippen LogP) is 5.74. The smallest absolute Gasteiger partial charge is 0.335 e. The van der Waals surface area contributed by atoms with E-state index in [4.69, 9.17) is 25.7 Å². The number of carboxylic acid groups (broad SMARTS) is 1. The zero-order valence-corrected chi connectivity index (χ0v) is 18.8. The number of rotatable bonds is 6. The van der Waals surface area contributed by atoms with Crippen molar-refractivity contribution >= 4 is 34.5 Å². The number of aryl methyl sites for hydroxylation is 2. The van der Waals surface area contributed by atoms with Gasteiger partial charge < -0.3 is 19.6 Å². The third-order valence-corrected chi connectivity index (χ3v) is 6.18. The summed E-state index contributed by atoms with van der Waals surface area (Å²) in [4.78, 5) is 20.7. The number of halogens is 1. The molecule has 0 fully saturated rings. The van der Waals surface area contributed by atoms with Crippen LogP contribution in [0.25, 0.3) is 22.5 Å². The van der Waals surface area contributed by atoms with Gasteiger partial charge in [-0.15, -0.1) is 0 Å². The molecular weight excluding hydrogens is 442 g/mol. The first-order valence-corrected chi connectivity index (χ1v) is 11.1. The molecule has 33 heavy (non-hydrogen) atoms. The number of hydrogen-bond donors (Lipinski definition) is 2. The highest BCUT2D eigenvalue weighted by atomic mass is 35.5. The maximum Gasteiger partial charge on any atom is 0.335 e. The molecule has 1 aliphatic rings. The van der Waals surface area contributed by atoms with Crippen LogP contribution in [0.2, 0.25) is 5.02 Å². The van der Waals surface area contributed by atoms with Crippen LogP contribution in [0.15, 0.2) is 46.9 Å². The first-order chi connectivity index (χ1) is 16.0. The molecule has 0 saturated carbocycles. The number of carbonyl (C=O) groups is 1. The lowest BCUT2D eigenvalue weighted by Gasteiger charge is -2.12. The van der Waals surface area contributed by atoms with E-state index in [0.29, 0.717) is 40.2 Å². The second-order valence-electron chi connectivity index (χ2n) is 7.99. The van der Waals surface area contributed by atoms with Crippen LogP contribution in [-0.2, 0) is 19.4 Å². The van der Waals surface area contributed by atoms with E-state index in [1.807, 2.05) is 18.2 Å². The van der Waals surface area contributed by atoms with Crippen LogP contribution >= 0.6 is 11.6 Å². The van der Waals surface area contributed by atoms with Crippen LogP contribution in [-0.4, -0.2) is 28.2 Å². The highest BCUT2D eigenvalue weighted by Gasteiger charge is 2.23. The van der Waals surface area contributed by atoms with Gasteiger partial charge in [-0.3, -0.25) is 0 Å². The van der Waals surface area contributed by atoms with Crippen molar-refractivity contribution in [3.05, 3.63) is 69.9 Å². The third kappa shape index (κ3) is 4.12. The van der Waals surface area contributed by atoms with Crippen molar-refractivity contribution < 1.29 is 19.1 Å². The molecule has 0 bridgehead atoms. The molecule has 2 heterocycles. The highest BCUT2D eigenvalue weighted by Crippen LogP contribution is 2.36. The minimum Gasteiger partial charge on any atom is -0.495 e. The fourth-order valence-corrected chi connectivity index (χ4v) is 4.46. The average Bonchev–Trinajstić information content (AvgIpc) is 3.21. The van der Waals surface area contributed by atoms with Gasteiger partial charge in [0.15, 0.2) is 5.82 Å². The van der Waals surface area contributed by atoms with E-state index in [-0.39, 0.29) is 5.56 Å². The Morgan fingerprint density at radius 3 is 2.67 bits per heavy atom. The van der Waals surface area contributed by atoms with Crippen LogP contribution in [0, 0.1) is 0 Å². The molecule has 1 aliphatic carbocycles. The summed E-state index contributed by atoms with van der Waals surface area (Å²) < 4.78 is 11.4. The van der Waals surface area contributed by atoms with Gasteiger partial charge in [-0.25, -0.2) is 9.78 Å². The molecule has 4 aromatic rings. The van der Waals surface area contributed by atoms with Gasteiger partial charge in [0.25, 0.3) is 0 Å². The number of benzene rings is 2. The molecule has 0 atom stereocenters. The van der Waals surface area contributed by atoms with E-state index in [9.17, 15) is 9.90 Å². The minimum atomic E-state index is -0.975. The van der Waals surface area contributed by atoms with Gasteiger partial charge in [0.05, 0.1) is 23.1 Å². The number of methoxy groups -OCH3 is 1. The summed E-state index contributed by atoms with van der Waals surface area (Å²) >= 11 is 6.29. The first kappa shape index (κ1) is 21.3. The number of furan rings is 1. The quantitative estimate of drug-likeness (QED) is 0.376. The number of aromatic nitrogens is 2. The average molecular weight is 464 g/mol. The summed E-state index contributed by atoms with van der Waals surface area (Å²) in [6.45, 7) is 0.507. The molecule has 5 rings (SSSR count). The number of fused-ring (bicyclic) bond motifs is 3. The van der Waals surface area contributed by atoms with E-state index in [1.165, 1.54) is 5.56 Å². The Labute approximate surface area is 195 Å². The highest BCUT2D eigenvalue weighted by molar-refractivity contribution is 6.32. The van der Waals surface area contributed by atoms with Gasteiger partial charge in [-0.2, -0.15) is 4.98 Å². The maximum absolute atomic E-state index is 11.2. The summed E-state index contributed by atoms with van der Waals surface area (Å²) in [6.07, 6.45) is 4.02. The van der Waals surface area contributed by atoms with Crippen LogP contribution in [0.1, 0.15) is 40.1 Å². The Kier molecular flexibility index (Phi) is 5.64. The van der Waals surface area contributed by atoms with E-state index in [2.05, 4.69) is 10.3 Å². The Hall–Kier alpha value is -3.58. The monoisotopic (exact) mass is 463 g/mol. The van der Waals surface area contributed by atoms with Gasteiger partial charge in [0.2, 0.25) is 5.71 Å². The lowest BCUT2D eigenvalue weighted by Crippen LogP contribution is -2.06. The zero-order valence-electron chi connectivity index (χ0n) is 18.0. The number of nitrogens with one attached hydrogen (secondary N) is 1. The van der Waals surface area contributed by atoms with E-state index >= 15 is 0 Å². The summed E-state index contributed by atoms with van der Waals surface area (Å²) in [5.41, 5.74) is 3.62. The Morgan fingerprint density at radius 1 is 1.15 bits per heavy atom. The first-order valence-electron chi connectivity index (χ1n) is 10.8. The molecule has 7 nitrogen and oxygen atoms in total. The molecule has 0 amide bonds. The molecular formula is C25H22ClN3O4. The molecule has 2 N–H and O–H groups in total. The Morgan fingerprint density at radius 2 is 1.94 bits per heavy atom. The fourth-order valence-electron chi connectivity index (χ4n) is 4.18. The van der Waals surface area contributed by atoms with Gasteiger partial charge in [-0.05, 0) is 49.1 Å². The predicted molar refractivity (Wildman–Crippen MR) is 126 cm³/mol. The van der Waals surface area contributed by atoms with Crippen LogP contribution in [0.3, 0.4) is 0 Å². The Balaban J connectivity index is 1.55. The van der Waals surface area contributed by atoms with E-state index in [1.54, 1.807) is 31.4 Å². The molecule has 2 aromatic carbocycles. The summed E-state index contributed by atoms with van der Waals surface area (Å²) in [5, 5.41) is 14.1. The molecule has 168 valence electrons. The molecule has 0 saturated heterocycles. The van der Waals surface area contributed by atoms with Gasteiger partial charge in [0.1, 0.15) is 17.3 Å². The molecule has 0 radical (unpaired) electrons.